The smallest absolute Gasteiger partial charge is 0.240 e. The van der Waals surface area contributed by atoms with Crippen LogP contribution in [0.25, 0.3) is 11.3 Å². The lowest BCUT2D eigenvalue weighted by Crippen LogP contribution is -2.47. The first-order valence-corrected chi connectivity index (χ1v) is 8.51. The Balaban J connectivity index is 1.59. The van der Waals surface area contributed by atoms with Crippen LogP contribution >= 0.6 is 11.3 Å². The molecule has 3 rings (SSSR count). The van der Waals surface area contributed by atoms with Gasteiger partial charge in [0.05, 0.1) is 12.2 Å². The first-order chi connectivity index (χ1) is 11.5. The molecule has 0 saturated carbocycles. The molecule has 0 atom stereocenters. The van der Waals surface area contributed by atoms with Gasteiger partial charge in [0.2, 0.25) is 5.91 Å². The predicted molar refractivity (Wildman–Crippen MR) is 90.0 cm³/mol. The topological polar surface area (TPSA) is 48.5 Å². The summed E-state index contributed by atoms with van der Waals surface area (Å²) in [5.41, 5.74) is 0.985. The number of likely N-dealkylation sites (N-methyl/N-ethyl adjacent to an activating group) is 1. The van der Waals surface area contributed by atoms with Crippen molar-refractivity contribution in [3.05, 3.63) is 35.2 Å². The Morgan fingerprint density at radius 1 is 1.25 bits per heavy atom. The number of halogens is 2. The molecule has 0 radical (unpaired) electrons. The molecule has 2 heterocycles. The van der Waals surface area contributed by atoms with Gasteiger partial charge in [-0.2, -0.15) is 0 Å². The van der Waals surface area contributed by atoms with Crippen LogP contribution < -0.4 is 5.32 Å². The Hall–Kier alpha value is -1.90. The van der Waals surface area contributed by atoms with Gasteiger partial charge >= 0.3 is 0 Å². The third kappa shape index (κ3) is 4.14. The minimum atomic E-state index is -0.916. The molecule has 1 aliphatic rings. The number of hydrogen-bond donors (Lipinski definition) is 1. The average molecular weight is 352 g/mol. The van der Waals surface area contributed by atoms with E-state index in [0.29, 0.717) is 22.9 Å². The van der Waals surface area contributed by atoms with Crippen molar-refractivity contribution >= 4 is 22.4 Å². The van der Waals surface area contributed by atoms with Crippen molar-refractivity contribution in [3.63, 3.8) is 0 Å². The molecule has 24 heavy (non-hydrogen) atoms. The second-order valence-corrected chi connectivity index (χ2v) is 6.65. The number of nitrogens with zero attached hydrogens (tertiary/aromatic N) is 3. The van der Waals surface area contributed by atoms with Crippen LogP contribution in [-0.4, -0.2) is 60.5 Å². The van der Waals surface area contributed by atoms with Crippen LogP contribution in [0, 0.1) is 11.6 Å². The van der Waals surface area contributed by atoms with Crippen LogP contribution in [0.3, 0.4) is 0 Å². The highest BCUT2D eigenvalue weighted by Gasteiger charge is 2.17. The minimum absolute atomic E-state index is 0.120. The van der Waals surface area contributed by atoms with Crippen LogP contribution in [0.1, 0.15) is 0 Å². The molecular weight excluding hydrogens is 334 g/mol. The number of benzene rings is 1. The molecule has 5 nitrogen and oxygen atoms in total. The number of anilines is 1. The van der Waals surface area contributed by atoms with E-state index in [9.17, 15) is 13.6 Å². The van der Waals surface area contributed by atoms with Gasteiger partial charge in [-0.25, -0.2) is 13.8 Å². The third-order valence-corrected chi connectivity index (χ3v) is 4.69. The van der Waals surface area contributed by atoms with Crippen LogP contribution in [0.5, 0.6) is 0 Å². The first kappa shape index (κ1) is 16.9. The van der Waals surface area contributed by atoms with E-state index in [1.165, 1.54) is 17.4 Å². The zero-order valence-corrected chi connectivity index (χ0v) is 14.1. The van der Waals surface area contributed by atoms with E-state index in [1.807, 2.05) is 0 Å². The van der Waals surface area contributed by atoms with Crippen LogP contribution in [0.15, 0.2) is 23.6 Å². The van der Waals surface area contributed by atoms with Crippen molar-refractivity contribution < 1.29 is 13.6 Å². The number of amides is 1. The van der Waals surface area contributed by atoms with Gasteiger partial charge in [-0.05, 0) is 25.2 Å². The number of carbonyl (C=O) groups is 1. The van der Waals surface area contributed by atoms with E-state index >= 15 is 0 Å². The van der Waals surface area contributed by atoms with E-state index < -0.39 is 11.6 Å². The van der Waals surface area contributed by atoms with Crippen molar-refractivity contribution in [1.29, 1.82) is 0 Å². The number of hydrogen-bond acceptors (Lipinski definition) is 5. The van der Waals surface area contributed by atoms with Gasteiger partial charge in [0.15, 0.2) is 16.8 Å². The first-order valence-electron chi connectivity index (χ1n) is 7.63. The summed E-state index contributed by atoms with van der Waals surface area (Å²) in [6.07, 6.45) is 0. The number of nitrogens with one attached hydrogen (secondary N) is 1. The molecule has 1 aromatic heterocycles. The minimum Gasteiger partial charge on any atom is -0.304 e. The van der Waals surface area contributed by atoms with Crippen molar-refractivity contribution in [2.45, 2.75) is 0 Å². The highest BCUT2D eigenvalue weighted by atomic mass is 32.1. The maximum Gasteiger partial charge on any atom is 0.240 e. The van der Waals surface area contributed by atoms with E-state index in [0.717, 1.165) is 38.3 Å². The van der Waals surface area contributed by atoms with Gasteiger partial charge in [-0.3, -0.25) is 9.69 Å². The Bertz CT molecular complexity index is 729. The van der Waals surface area contributed by atoms with Crippen molar-refractivity contribution in [1.82, 2.24) is 14.8 Å². The lowest BCUT2D eigenvalue weighted by molar-refractivity contribution is -0.117. The zero-order chi connectivity index (χ0) is 17.1. The van der Waals surface area contributed by atoms with Crippen molar-refractivity contribution in [2.75, 3.05) is 45.1 Å². The van der Waals surface area contributed by atoms with Gasteiger partial charge in [0.25, 0.3) is 0 Å². The number of rotatable bonds is 4. The van der Waals surface area contributed by atoms with E-state index in [2.05, 4.69) is 27.1 Å². The summed E-state index contributed by atoms with van der Waals surface area (Å²) in [7, 11) is 2.06. The zero-order valence-electron chi connectivity index (χ0n) is 13.3. The molecule has 2 aromatic rings. The number of carbonyl (C=O) groups excluding carboxylic acids is 1. The summed E-state index contributed by atoms with van der Waals surface area (Å²) in [4.78, 5) is 20.7. The molecule has 0 spiro atoms. The Morgan fingerprint density at radius 3 is 2.71 bits per heavy atom. The Morgan fingerprint density at radius 2 is 2.00 bits per heavy atom. The fraction of sp³-hybridized carbons (Fsp3) is 0.375. The lowest BCUT2D eigenvalue weighted by atomic mass is 10.2. The molecule has 8 heteroatoms. The standard InChI is InChI=1S/C16H18F2N4OS/c1-21-4-6-22(7-5-21)9-15(23)20-16-19-14(10-24-16)11-2-3-12(17)13(18)8-11/h2-3,8,10H,4-7,9H2,1H3,(H,19,20,23). The summed E-state index contributed by atoms with van der Waals surface area (Å²) >= 11 is 1.26. The highest BCUT2D eigenvalue weighted by Crippen LogP contribution is 2.26. The summed E-state index contributed by atoms with van der Waals surface area (Å²) in [6, 6.07) is 3.62. The van der Waals surface area contributed by atoms with Gasteiger partial charge < -0.3 is 10.2 Å². The Kier molecular flexibility index (Phi) is 5.17. The van der Waals surface area contributed by atoms with Gasteiger partial charge in [-0.15, -0.1) is 11.3 Å². The number of aromatic nitrogens is 1. The lowest BCUT2D eigenvalue weighted by Gasteiger charge is -2.31. The van der Waals surface area contributed by atoms with Crippen molar-refractivity contribution in [3.8, 4) is 11.3 Å². The van der Waals surface area contributed by atoms with E-state index in [4.69, 9.17) is 0 Å². The molecule has 1 saturated heterocycles. The highest BCUT2D eigenvalue weighted by molar-refractivity contribution is 7.14. The van der Waals surface area contributed by atoms with E-state index in [-0.39, 0.29) is 5.91 Å². The molecule has 0 bridgehead atoms. The molecule has 1 aliphatic heterocycles. The fourth-order valence-corrected chi connectivity index (χ4v) is 3.22. The molecule has 1 amide bonds. The second kappa shape index (κ2) is 7.33. The maximum atomic E-state index is 13.3. The summed E-state index contributed by atoms with van der Waals surface area (Å²) in [5.74, 6) is -1.93. The average Bonchev–Trinajstić information content (AvgIpc) is 3.00. The fourth-order valence-electron chi connectivity index (χ4n) is 2.49. The SMILES string of the molecule is CN1CCN(CC(=O)Nc2nc(-c3ccc(F)c(F)c3)cs2)CC1. The predicted octanol–water partition coefficient (Wildman–Crippen LogP) is 2.27. The Labute approximate surface area is 142 Å². The summed E-state index contributed by atoms with van der Waals surface area (Å²) in [6.45, 7) is 3.95. The number of piperazine rings is 1. The van der Waals surface area contributed by atoms with Crippen molar-refractivity contribution in [2.24, 2.45) is 0 Å². The number of thiazole rings is 1. The summed E-state index contributed by atoms with van der Waals surface area (Å²) < 4.78 is 26.3. The van der Waals surface area contributed by atoms with Gasteiger partial charge in [-0.1, -0.05) is 0 Å². The van der Waals surface area contributed by atoms with Crippen LogP contribution in [-0.2, 0) is 4.79 Å². The van der Waals surface area contributed by atoms with Gasteiger partial charge in [0.1, 0.15) is 0 Å². The van der Waals surface area contributed by atoms with E-state index in [1.54, 1.807) is 5.38 Å². The summed E-state index contributed by atoms with van der Waals surface area (Å²) in [5, 5.41) is 4.92. The quantitative estimate of drug-likeness (QED) is 0.917. The second-order valence-electron chi connectivity index (χ2n) is 5.79. The molecular formula is C16H18F2N4OS. The molecule has 0 aliphatic carbocycles. The normalized spacial score (nSPS) is 16.3. The third-order valence-electron chi connectivity index (χ3n) is 3.93. The molecule has 1 fully saturated rings. The van der Waals surface area contributed by atoms with Gasteiger partial charge in [0, 0.05) is 37.1 Å². The molecule has 0 unspecified atom stereocenters. The molecule has 128 valence electrons. The maximum absolute atomic E-state index is 13.3. The monoisotopic (exact) mass is 352 g/mol. The van der Waals surface area contributed by atoms with Crippen LogP contribution in [0.4, 0.5) is 13.9 Å². The largest absolute Gasteiger partial charge is 0.304 e. The van der Waals surface area contributed by atoms with Crippen LogP contribution in [0.2, 0.25) is 0 Å². The molecule has 1 aromatic carbocycles. The molecule has 1 N–H and O–H groups in total.